The molecule has 0 bridgehead atoms. The number of halogens is 1. The lowest BCUT2D eigenvalue weighted by Gasteiger charge is -1.85. The Hall–Kier alpha value is -0.750. The van der Waals surface area contributed by atoms with Crippen molar-refractivity contribution in [3.63, 3.8) is 0 Å². The van der Waals surface area contributed by atoms with Crippen LogP contribution in [-0.4, -0.2) is 15.2 Å². The summed E-state index contributed by atoms with van der Waals surface area (Å²) in [6, 6.07) is 0. The molecular formula is C6H4BrN3OS. The number of hydrogen-bond acceptors (Lipinski definition) is 5. The van der Waals surface area contributed by atoms with Gasteiger partial charge in [-0.25, -0.2) is 4.98 Å². The lowest BCUT2D eigenvalue weighted by molar-refractivity contribution is 0.533. The molecule has 2 rings (SSSR count). The topological polar surface area (TPSA) is 51.8 Å². The van der Waals surface area contributed by atoms with Crippen LogP contribution in [0.15, 0.2) is 14.5 Å². The largest absolute Gasteiger partial charge is 0.420 e. The molecule has 0 saturated heterocycles. The Morgan fingerprint density at radius 3 is 2.83 bits per heavy atom. The summed E-state index contributed by atoms with van der Waals surface area (Å²) >= 11 is 4.75. The van der Waals surface area contributed by atoms with Gasteiger partial charge in [-0.3, -0.25) is 0 Å². The lowest BCUT2D eigenvalue weighted by Crippen LogP contribution is -1.73. The van der Waals surface area contributed by atoms with Gasteiger partial charge in [-0.15, -0.1) is 21.5 Å². The summed E-state index contributed by atoms with van der Waals surface area (Å²) in [6.45, 7) is 1.76. The van der Waals surface area contributed by atoms with Gasteiger partial charge in [0.15, 0.2) is 0 Å². The van der Waals surface area contributed by atoms with Crippen molar-refractivity contribution < 1.29 is 4.42 Å². The maximum Gasteiger partial charge on any atom is 0.260 e. The van der Waals surface area contributed by atoms with E-state index in [1.54, 1.807) is 12.4 Å². The zero-order chi connectivity index (χ0) is 8.55. The summed E-state index contributed by atoms with van der Waals surface area (Å²) in [7, 11) is 0. The molecule has 0 saturated carbocycles. The first-order chi connectivity index (χ1) is 5.77. The summed E-state index contributed by atoms with van der Waals surface area (Å²) in [4.78, 5) is 4.88. The molecule has 0 unspecified atom stereocenters. The Kier molecular flexibility index (Phi) is 1.93. The van der Waals surface area contributed by atoms with E-state index < -0.39 is 0 Å². The quantitative estimate of drug-likeness (QED) is 0.774. The predicted molar refractivity (Wildman–Crippen MR) is 47.8 cm³/mol. The first-order valence-corrected chi connectivity index (χ1v) is 4.84. The van der Waals surface area contributed by atoms with E-state index in [9.17, 15) is 0 Å². The van der Waals surface area contributed by atoms with Crippen LogP contribution in [0.4, 0.5) is 0 Å². The minimum atomic E-state index is 0.516. The molecule has 0 N–H and O–H groups in total. The maximum absolute atomic E-state index is 5.23. The molecule has 62 valence electrons. The molecule has 2 heterocycles. The molecule has 0 atom stereocenters. The summed E-state index contributed by atoms with van der Waals surface area (Å²) in [5.74, 6) is 1.08. The number of aromatic nitrogens is 3. The Bertz CT molecular complexity index is 397. The molecule has 2 aromatic heterocycles. The van der Waals surface area contributed by atoms with Crippen LogP contribution in [0.5, 0.6) is 0 Å². The fraction of sp³-hybridized carbons (Fsp3) is 0.167. The van der Waals surface area contributed by atoms with Crippen LogP contribution in [0.2, 0.25) is 0 Å². The van der Waals surface area contributed by atoms with Gasteiger partial charge >= 0.3 is 0 Å². The molecule has 0 fully saturated rings. The molecular weight excluding hydrogens is 242 g/mol. The van der Waals surface area contributed by atoms with Gasteiger partial charge in [-0.1, -0.05) is 0 Å². The second-order valence-electron chi connectivity index (χ2n) is 2.10. The van der Waals surface area contributed by atoms with Crippen LogP contribution in [0.25, 0.3) is 10.8 Å². The number of thiazole rings is 1. The van der Waals surface area contributed by atoms with Crippen LogP contribution < -0.4 is 0 Å². The van der Waals surface area contributed by atoms with E-state index in [4.69, 9.17) is 4.42 Å². The van der Waals surface area contributed by atoms with Gasteiger partial charge in [0.25, 0.3) is 5.89 Å². The van der Waals surface area contributed by atoms with Crippen LogP contribution in [0.1, 0.15) is 5.89 Å². The molecule has 0 amide bonds. The van der Waals surface area contributed by atoms with Crippen molar-refractivity contribution in [2.45, 2.75) is 6.92 Å². The third kappa shape index (κ3) is 1.27. The van der Waals surface area contributed by atoms with E-state index in [-0.39, 0.29) is 0 Å². The van der Waals surface area contributed by atoms with E-state index in [0.717, 1.165) is 9.48 Å². The number of aryl methyl sites for hydroxylation is 1. The number of hydrogen-bond donors (Lipinski definition) is 0. The highest BCUT2D eigenvalue weighted by atomic mass is 79.9. The zero-order valence-electron chi connectivity index (χ0n) is 6.11. The highest BCUT2D eigenvalue weighted by Crippen LogP contribution is 2.29. The van der Waals surface area contributed by atoms with Gasteiger partial charge in [0, 0.05) is 6.92 Å². The molecule has 12 heavy (non-hydrogen) atoms. The third-order valence-electron chi connectivity index (χ3n) is 1.24. The molecule has 0 aromatic carbocycles. The summed E-state index contributed by atoms with van der Waals surface area (Å²) in [5.41, 5.74) is 1.72. The van der Waals surface area contributed by atoms with Crippen LogP contribution in [0, 0.1) is 6.92 Å². The standard InChI is InChI=1S/C6H4BrN3OS/c1-3-9-10-6(11-3)4-5(7)8-2-12-4/h2H,1H3. The molecule has 0 radical (unpaired) electrons. The summed E-state index contributed by atoms with van der Waals surface area (Å²) in [6.07, 6.45) is 0. The highest BCUT2D eigenvalue weighted by Gasteiger charge is 2.11. The van der Waals surface area contributed by atoms with Crippen molar-refractivity contribution in [2.75, 3.05) is 0 Å². The second kappa shape index (κ2) is 2.95. The highest BCUT2D eigenvalue weighted by molar-refractivity contribution is 9.10. The van der Waals surface area contributed by atoms with E-state index >= 15 is 0 Å². The lowest BCUT2D eigenvalue weighted by atomic mass is 10.6. The zero-order valence-corrected chi connectivity index (χ0v) is 8.52. The van der Waals surface area contributed by atoms with Crippen LogP contribution in [0.3, 0.4) is 0 Å². The van der Waals surface area contributed by atoms with E-state index in [2.05, 4.69) is 31.1 Å². The van der Waals surface area contributed by atoms with Gasteiger partial charge in [0.05, 0.1) is 5.51 Å². The second-order valence-corrected chi connectivity index (χ2v) is 3.70. The average Bonchev–Trinajstić information content (AvgIpc) is 2.58. The Morgan fingerprint density at radius 1 is 1.50 bits per heavy atom. The molecule has 0 spiro atoms. The van der Waals surface area contributed by atoms with Crippen LogP contribution >= 0.6 is 27.3 Å². The van der Waals surface area contributed by atoms with Gasteiger partial charge in [0.1, 0.15) is 9.48 Å². The van der Waals surface area contributed by atoms with Crippen molar-refractivity contribution in [1.82, 2.24) is 15.2 Å². The first-order valence-electron chi connectivity index (χ1n) is 3.17. The predicted octanol–water partition coefficient (Wildman–Crippen LogP) is 2.26. The van der Waals surface area contributed by atoms with Gasteiger partial charge in [0.2, 0.25) is 5.89 Å². The Morgan fingerprint density at radius 2 is 2.33 bits per heavy atom. The van der Waals surface area contributed by atoms with E-state index in [0.29, 0.717) is 11.8 Å². The first kappa shape index (κ1) is 7.88. The monoisotopic (exact) mass is 245 g/mol. The van der Waals surface area contributed by atoms with Gasteiger partial charge in [-0.2, -0.15) is 0 Å². The Labute approximate surface area is 80.8 Å². The van der Waals surface area contributed by atoms with E-state index in [1.807, 2.05) is 0 Å². The molecule has 0 aliphatic carbocycles. The van der Waals surface area contributed by atoms with Crippen molar-refractivity contribution in [3.8, 4) is 10.8 Å². The van der Waals surface area contributed by atoms with Crippen molar-refractivity contribution in [1.29, 1.82) is 0 Å². The normalized spacial score (nSPS) is 10.5. The van der Waals surface area contributed by atoms with Crippen molar-refractivity contribution in [2.24, 2.45) is 0 Å². The summed E-state index contributed by atoms with van der Waals surface area (Å²) < 4.78 is 5.97. The smallest absolute Gasteiger partial charge is 0.260 e. The third-order valence-corrected chi connectivity index (χ3v) is 2.92. The maximum atomic E-state index is 5.23. The average molecular weight is 246 g/mol. The van der Waals surface area contributed by atoms with Crippen molar-refractivity contribution in [3.05, 3.63) is 16.0 Å². The van der Waals surface area contributed by atoms with E-state index in [1.165, 1.54) is 11.3 Å². The van der Waals surface area contributed by atoms with Crippen molar-refractivity contribution >= 4 is 27.3 Å². The molecule has 6 heteroatoms. The molecule has 0 aliphatic rings. The molecule has 4 nitrogen and oxygen atoms in total. The fourth-order valence-corrected chi connectivity index (χ4v) is 2.04. The van der Waals surface area contributed by atoms with Gasteiger partial charge < -0.3 is 4.42 Å². The SMILES string of the molecule is Cc1nnc(-c2scnc2Br)o1. The van der Waals surface area contributed by atoms with Crippen LogP contribution in [-0.2, 0) is 0 Å². The molecule has 0 aliphatic heterocycles. The minimum absolute atomic E-state index is 0.516. The minimum Gasteiger partial charge on any atom is -0.420 e. The number of nitrogens with zero attached hydrogens (tertiary/aromatic N) is 3. The number of rotatable bonds is 1. The molecule has 2 aromatic rings. The Balaban J connectivity index is 2.50. The van der Waals surface area contributed by atoms with Gasteiger partial charge in [-0.05, 0) is 15.9 Å². The summed E-state index contributed by atoms with van der Waals surface area (Å²) in [5, 5.41) is 7.60. The fourth-order valence-electron chi connectivity index (χ4n) is 0.760.